The zero-order chi connectivity index (χ0) is 14.7. The molecule has 1 aliphatic rings. The van der Waals surface area contributed by atoms with Crippen LogP contribution in [-0.2, 0) is 0 Å². The number of carbonyl (C=O) groups excluding carboxylic acids is 1. The van der Waals surface area contributed by atoms with Crippen molar-refractivity contribution in [3.63, 3.8) is 0 Å². The molecule has 20 heavy (non-hydrogen) atoms. The van der Waals surface area contributed by atoms with E-state index < -0.39 is 0 Å². The van der Waals surface area contributed by atoms with E-state index in [1.54, 1.807) is 12.1 Å². The Morgan fingerprint density at radius 1 is 1.35 bits per heavy atom. The molecule has 0 aromatic heterocycles. The molecule has 1 aromatic carbocycles. The summed E-state index contributed by atoms with van der Waals surface area (Å²) in [4.78, 5) is 12.2. The molecule has 1 fully saturated rings. The van der Waals surface area contributed by atoms with Gasteiger partial charge in [0.2, 0.25) is 0 Å². The van der Waals surface area contributed by atoms with E-state index in [0.717, 1.165) is 12.8 Å². The standard InChI is InChI=1S/C15H21N3O2/c1-9(2)10-3-7-12(8-4-10)15(19)17-13(11-5-6-11)14(16)18-20/h3-4,7-9,11,13,20H,5-6H2,1-2H3,(H2,16,18)(H,17,19). The highest BCUT2D eigenvalue weighted by Crippen LogP contribution is 2.32. The van der Waals surface area contributed by atoms with Crippen molar-refractivity contribution in [3.05, 3.63) is 35.4 Å². The van der Waals surface area contributed by atoms with Gasteiger partial charge in [0.15, 0.2) is 5.84 Å². The molecular formula is C15H21N3O2. The molecule has 0 aliphatic heterocycles. The summed E-state index contributed by atoms with van der Waals surface area (Å²) in [6.07, 6.45) is 1.99. The van der Waals surface area contributed by atoms with E-state index in [1.807, 2.05) is 12.1 Å². The Hall–Kier alpha value is -2.04. The van der Waals surface area contributed by atoms with Gasteiger partial charge in [0, 0.05) is 5.56 Å². The first-order chi connectivity index (χ1) is 9.52. The summed E-state index contributed by atoms with van der Waals surface area (Å²) in [6.45, 7) is 4.22. The van der Waals surface area contributed by atoms with Gasteiger partial charge in [-0.05, 0) is 42.4 Å². The van der Waals surface area contributed by atoms with Crippen LogP contribution in [-0.4, -0.2) is 23.0 Å². The van der Waals surface area contributed by atoms with E-state index in [2.05, 4.69) is 24.3 Å². The number of nitrogens with one attached hydrogen (secondary N) is 1. The van der Waals surface area contributed by atoms with Crippen molar-refractivity contribution in [1.29, 1.82) is 0 Å². The molecule has 0 heterocycles. The third-order valence-electron chi connectivity index (χ3n) is 3.65. The van der Waals surface area contributed by atoms with Gasteiger partial charge in [0.25, 0.3) is 5.91 Å². The number of hydrogen-bond acceptors (Lipinski definition) is 3. The van der Waals surface area contributed by atoms with Gasteiger partial charge in [-0.2, -0.15) is 0 Å². The van der Waals surface area contributed by atoms with Crippen molar-refractivity contribution in [2.45, 2.75) is 38.6 Å². The molecule has 108 valence electrons. The van der Waals surface area contributed by atoms with Crippen LogP contribution in [0.1, 0.15) is 48.5 Å². The minimum absolute atomic E-state index is 0.0691. The largest absolute Gasteiger partial charge is 0.409 e. The third-order valence-corrected chi connectivity index (χ3v) is 3.65. The summed E-state index contributed by atoms with van der Waals surface area (Å²) < 4.78 is 0. The quantitative estimate of drug-likeness (QED) is 0.333. The minimum atomic E-state index is -0.378. The van der Waals surface area contributed by atoms with Gasteiger partial charge in [0.05, 0.1) is 6.04 Å². The van der Waals surface area contributed by atoms with Crippen LogP contribution in [0, 0.1) is 5.92 Å². The van der Waals surface area contributed by atoms with Gasteiger partial charge in [-0.15, -0.1) is 0 Å². The molecule has 4 N–H and O–H groups in total. The van der Waals surface area contributed by atoms with Gasteiger partial charge in [-0.1, -0.05) is 31.1 Å². The lowest BCUT2D eigenvalue weighted by atomic mass is 10.0. The molecule has 5 nitrogen and oxygen atoms in total. The maximum Gasteiger partial charge on any atom is 0.251 e. The van der Waals surface area contributed by atoms with E-state index in [1.165, 1.54) is 5.56 Å². The lowest BCUT2D eigenvalue weighted by molar-refractivity contribution is 0.0943. The number of nitrogens with two attached hydrogens (primary N) is 1. The summed E-state index contributed by atoms with van der Waals surface area (Å²) in [7, 11) is 0. The van der Waals surface area contributed by atoms with E-state index in [4.69, 9.17) is 10.9 Å². The van der Waals surface area contributed by atoms with Gasteiger partial charge in [-0.25, -0.2) is 0 Å². The summed E-state index contributed by atoms with van der Waals surface area (Å²) >= 11 is 0. The minimum Gasteiger partial charge on any atom is -0.409 e. The fraction of sp³-hybridized carbons (Fsp3) is 0.467. The molecular weight excluding hydrogens is 254 g/mol. The molecule has 1 aliphatic carbocycles. The molecule has 1 unspecified atom stereocenters. The Morgan fingerprint density at radius 2 is 1.95 bits per heavy atom. The number of rotatable bonds is 5. The van der Waals surface area contributed by atoms with Crippen LogP contribution in [0.4, 0.5) is 0 Å². The van der Waals surface area contributed by atoms with Crippen LogP contribution in [0.15, 0.2) is 29.4 Å². The van der Waals surface area contributed by atoms with E-state index in [-0.39, 0.29) is 23.7 Å². The van der Waals surface area contributed by atoms with Crippen molar-refractivity contribution in [3.8, 4) is 0 Å². The van der Waals surface area contributed by atoms with Crippen LogP contribution in [0.5, 0.6) is 0 Å². The molecule has 0 bridgehead atoms. The second-order valence-electron chi connectivity index (χ2n) is 5.59. The summed E-state index contributed by atoms with van der Waals surface area (Å²) in [5.74, 6) is 0.594. The van der Waals surface area contributed by atoms with Gasteiger partial charge in [-0.3, -0.25) is 4.79 Å². The SMILES string of the molecule is CC(C)c1ccc(C(=O)NC(C(N)=NO)C2CC2)cc1. The summed E-state index contributed by atoms with van der Waals surface area (Å²) in [6, 6.07) is 7.14. The maximum absolute atomic E-state index is 12.2. The molecule has 2 rings (SSSR count). The molecule has 1 amide bonds. The fourth-order valence-electron chi connectivity index (χ4n) is 2.17. The molecule has 0 spiro atoms. The number of benzene rings is 1. The van der Waals surface area contributed by atoms with Gasteiger partial charge in [0.1, 0.15) is 0 Å². The Bertz CT molecular complexity index is 504. The Morgan fingerprint density at radius 3 is 2.40 bits per heavy atom. The lowest BCUT2D eigenvalue weighted by Gasteiger charge is -2.17. The average molecular weight is 275 g/mol. The van der Waals surface area contributed by atoms with Crippen LogP contribution >= 0.6 is 0 Å². The van der Waals surface area contributed by atoms with Crippen molar-refractivity contribution >= 4 is 11.7 Å². The third kappa shape index (κ3) is 3.29. The van der Waals surface area contributed by atoms with Crippen molar-refractivity contribution in [1.82, 2.24) is 5.32 Å². The molecule has 0 radical (unpaired) electrons. The predicted octanol–water partition coefficient (Wildman–Crippen LogP) is 2.06. The fourth-order valence-corrected chi connectivity index (χ4v) is 2.17. The first-order valence-electron chi connectivity index (χ1n) is 6.91. The molecule has 5 heteroatoms. The zero-order valence-electron chi connectivity index (χ0n) is 11.8. The highest BCUT2D eigenvalue weighted by Gasteiger charge is 2.35. The van der Waals surface area contributed by atoms with Crippen LogP contribution in [0.2, 0.25) is 0 Å². The first kappa shape index (κ1) is 14.4. The van der Waals surface area contributed by atoms with Crippen LogP contribution in [0.25, 0.3) is 0 Å². The molecule has 1 aromatic rings. The van der Waals surface area contributed by atoms with E-state index in [9.17, 15) is 4.79 Å². The topological polar surface area (TPSA) is 87.7 Å². The van der Waals surface area contributed by atoms with Crippen LogP contribution < -0.4 is 11.1 Å². The van der Waals surface area contributed by atoms with Gasteiger partial charge < -0.3 is 16.3 Å². The van der Waals surface area contributed by atoms with Crippen molar-refractivity contribution in [2.75, 3.05) is 0 Å². The summed E-state index contributed by atoms with van der Waals surface area (Å²) in [5.41, 5.74) is 7.41. The van der Waals surface area contributed by atoms with Crippen molar-refractivity contribution < 1.29 is 10.0 Å². The lowest BCUT2D eigenvalue weighted by Crippen LogP contribution is -2.46. The van der Waals surface area contributed by atoms with E-state index in [0.29, 0.717) is 11.5 Å². The maximum atomic E-state index is 12.2. The van der Waals surface area contributed by atoms with Crippen molar-refractivity contribution in [2.24, 2.45) is 16.8 Å². The monoisotopic (exact) mass is 275 g/mol. The Kier molecular flexibility index (Phi) is 4.27. The Balaban J connectivity index is 2.06. The summed E-state index contributed by atoms with van der Waals surface area (Å²) in [5, 5.41) is 14.6. The Labute approximate surface area is 118 Å². The molecule has 1 atom stereocenters. The van der Waals surface area contributed by atoms with E-state index >= 15 is 0 Å². The second-order valence-corrected chi connectivity index (χ2v) is 5.59. The highest BCUT2D eigenvalue weighted by atomic mass is 16.4. The first-order valence-corrected chi connectivity index (χ1v) is 6.91. The highest BCUT2D eigenvalue weighted by molar-refractivity contribution is 5.98. The average Bonchev–Trinajstić information content (AvgIpc) is 3.28. The molecule has 1 saturated carbocycles. The normalized spacial score (nSPS) is 17.1. The number of nitrogens with zero attached hydrogens (tertiary/aromatic N) is 1. The number of amides is 1. The zero-order valence-corrected chi connectivity index (χ0v) is 11.8. The predicted molar refractivity (Wildman–Crippen MR) is 77.9 cm³/mol. The number of amidine groups is 1. The molecule has 0 saturated heterocycles. The number of carbonyl (C=O) groups is 1. The van der Waals surface area contributed by atoms with Gasteiger partial charge >= 0.3 is 0 Å². The smallest absolute Gasteiger partial charge is 0.251 e. The number of hydrogen-bond donors (Lipinski definition) is 3. The number of oxime groups is 1. The second kappa shape index (κ2) is 5.94. The van der Waals surface area contributed by atoms with Crippen LogP contribution in [0.3, 0.4) is 0 Å².